The lowest BCUT2D eigenvalue weighted by Gasteiger charge is -2.42. The molecule has 1 fully saturated rings. The van der Waals surface area contributed by atoms with Crippen molar-refractivity contribution in [3.05, 3.63) is 0 Å². The lowest BCUT2D eigenvalue weighted by molar-refractivity contribution is -0.0505. The molecule has 1 N–H and O–H groups in total. The van der Waals surface area contributed by atoms with Gasteiger partial charge in [0.05, 0.1) is 6.10 Å². The first-order valence-corrected chi connectivity index (χ1v) is 5.25. The highest BCUT2D eigenvalue weighted by molar-refractivity contribution is 4.86. The van der Waals surface area contributed by atoms with E-state index in [1.165, 1.54) is 0 Å². The minimum Gasteiger partial charge on any atom is -0.396 e. The molecule has 1 aliphatic carbocycles. The Morgan fingerprint density at radius 1 is 1.15 bits per heavy atom. The number of ether oxygens (including phenoxy) is 1. The third-order valence-corrected chi connectivity index (χ3v) is 4.06. The van der Waals surface area contributed by atoms with Crippen LogP contribution in [0.15, 0.2) is 0 Å². The van der Waals surface area contributed by atoms with Crippen LogP contribution in [0.2, 0.25) is 0 Å². The first-order valence-electron chi connectivity index (χ1n) is 5.25. The molecular weight excluding hydrogens is 164 g/mol. The van der Waals surface area contributed by atoms with E-state index in [2.05, 4.69) is 20.8 Å². The van der Waals surface area contributed by atoms with Crippen molar-refractivity contribution < 1.29 is 9.84 Å². The van der Waals surface area contributed by atoms with Crippen LogP contribution in [0.4, 0.5) is 0 Å². The van der Waals surface area contributed by atoms with Crippen molar-refractivity contribution in [1.82, 2.24) is 0 Å². The number of methoxy groups -OCH3 is 1. The quantitative estimate of drug-likeness (QED) is 0.714. The Labute approximate surface area is 81.3 Å². The molecule has 0 saturated heterocycles. The molecule has 2 nitrogen and oxygen atoms in total. The summed E-state index contributed by atoms with van der Waals surface area (Å²) in [5, 5.41) is 9.22. The van der Waals surface area contributed by atoms with E-state index < -0.39 is 0 Å². The zero-order valence-electron chi connectivity index (χ0n) is 9.16. The Morgan fingerprint density at radius 3 is 2.23 bits per heavy atom. The minimum atomic E-state index is 0.304. The van der Waals surface area contributed by atoms with Crippen molar-refractivity contribution >= 4 is 0 Å². The monoisotopic (exact) mass is 186 g/mol. The second-order valence-electron chi connectivity index (χ2n) is 4.53. The Hall–Kier alpha value is -0.0800. The second kappa shape index (κ2) is 4.43. The first-order chi connectivity index (χ1) is 6.11. The van der Waals surface area contributed by atoms with Crippen molar-refractivity contribution in [2.24, 2.45) is 23.7 Å². The van der Waals surface area contributed by atoms with Gasteiger partial charge in [-0.2, -0.15) is 0 Å². The number of rotatable bonds is 2. The zero-order chi connectivity index (χ0) is 10.0. The first kappa shape index (κ1) is 11.0. The summed E-state index contributed by atoms with van der Waals surface area (Å²) in [5.41, 5.74) is 0. The predicted octanol–water partition coefficient (Wildman–Crippen LogP) is 1.92. The van der Waals surface area contributed by atoms with Crippen molar-refractivity contribution in [1.29, 1.82) is 0 Å². The number of hydrogen-bond donors (Lipinski definition) is 1. The Kier molecular flexibility index (Phi) is 3.74. The molecule has 0 aliphatic heterocycles. The van der Waals surface area contributed by atoms with Gasteiger partial charge in [-0.25, -0.2) is 0 Å². The normalized spacial score (nSPS) is 46.4. The lowest BCUT2D eigenvalue weighted by Crippen LogP contribution is -2.41. The van der Waals surface area contributed by atoms with E-state index in [4.69, 9.17) is 4.74 Å². The standard InChI is InChI=1S/C11H22O2/c1-7-8(2)10(6-12)5-11(13-4)9(7)3/h7-12H,5-6H2,1-4H3. The average molecular weight is 186 g/mol. The van der Waals surface area contributed by atoms with Gasteiger partial charge in [-0.05, 0) is 30.1 Å². The molecule has 0 aromatic rings. The van der Waals surface area contributed by atoms with Gasteiger partial charge in [0, 0.05) is 13.7 Å². The fourth-order valence-electron chi connectivity index (χ4n) is 2.53. The number of hydrogen-bond acceptors (Lipinski definition) is 2. The van der Waals surface area contributed by atoms with Crippen LogP contribution < -0.4 is 0 Å². The maximum Gasteiger partial charge on any atom is 0.0603 e. The lowest BCUT2D eigenvalue weighted by atomic mass is 9.67. The molecule has 5 atom stereocenters. The van der Waals surface area contributed by atoms with E-state index in [-0.39, 0.29) is 0 Å². The summed E-state index contributed by atoms with van der Waals surface area (Å²) in [7, 11) is 1.78. The fourth-order valence-corrected chi connectivity index (χ4v) is 2.53. The van der Waals surface area contributed by atoms with Crippen LogP contribution in [0.5, 0.6) is 0 Å². The maximum atomic E-state index is 9.22. The van der Waals surface area contributed by atoms with Crippen molar-refractivity contribution in [3.8, 4) is 0 Å². The Morgan fingerprint density at radius 2 is 1.77 bits per heavy atom. The molecule has 1 rings (SSSR count). The van der Waals surface area contributed by atoms with Crippen LogP contribution in [0, 0.1) is 23.7 Å². The predicted molar refractivity (Wildman–Crippen MR) is 53.5 cm³/mol. The molecule has 0 radical (unpaired) electrons. The fraction of sp³-hybridized carbons (Fsp3) is 1.00. The Balaban J connectivity index is 2.66. The molecular formula is C11H22O2. The maximum absolute atomic E-state index is 9.22. The van der Waals surface area contributed by atoms with E-state index in [9.17, 15) is 5.11 Å². The minimum absolute atomic E-state index is 0.304. The van der Waals surface area contributed by atoms with Crippen molar-refractivity contribution in [2.75, 3.05) is 13.7 Å². The summed E-state index contributed by atoms with van der Waals surface area (Å²) >= 11 is 0. The van der Waals surface area contributed by atoms with Crippen LogP contribution in [0.1, 0.15) is 27.2 Å². The summed E-state index contributed by atoms with van der Waals surface area (Å²) in [6.07, 6.45) is 1.35. The van der Waals surface area contributed by atoms with Gasteiger partial charge in [0.2, 0.25) is 0 Å². The largest absolute Gasteiger partial charge is 0.396 e. The molecule has 0 heterocycles. The van der Waals surface area contributed by atoms with Gasteiger partial charge in [-0.1, -0.05) is 20.8 Å². The molecule has 78 valence electrons. The van der Waals surface area contributed by atoms with Gasteiger partial charge in [0.1, 0.15) is 0 Å². The van der Waals surface area contributed by atoms with E-state index in [1.54, 1.807) is 7.11 Å². The topological polar surface area (TPSA) is 29.5 Å². The molecule has 0 amide bonds. The highest BCUT2D eigenvalue weighted by Crippen LogP contribution is 2.39. The molecule has 0 spiro atoms. The molecule has 0 aromatic heterocycles. The third-order valence-electron chi connectivity index (χ3n) is 4.06. The molecule has 2 heteroatoms. The van der Waals surface area contributed by atoms with Gasteiger partial charge in [-0.3, -0.25) is 0 Å². The number of aliphatic hydroxyl groups is 1. The second-order valence-corrected chi connectivity index (χ2v) is 4.53. The zero-order valence-corrected chi connectivity index (χ0v) is 9.16. The van der Waals surface area contributed by atoms with E-state index in [1.807, 2.05) is 0 Å². The average Bonchev–Trinajstić information content (AvgIpc) is 2.15. The van der Waals surface area contributed by atoms with Gasteiger partial charge >= 0.3 is 0 Å². The smallest absolute Gasteiger partial charge is 0.0603 e. The summed E-state index contributed by atoms with van der Waals surface area (Å²) in [5.74, 6) is 2.31. The van der Waals surface area contributed by atoms with E-state index in [0.29, 0.717) is 36.4 Å². The molecule has 0 bridgehead atoms. The molecule has 13 heavy (non-hydrogen) atoms. The van der Waals surface area contributed by atoms with Crippen LogP contribution >= 0.6 is 0 Å². The van der Waals surface area contributed by atoms with Crippen LogP contribution in [0.25, 0.3) is 0 Å². The SMILES string of the molecule is COC1CC(CO)C(C)C(C)C1C. The van der Waals surface area contributed by atoms with Gasteiger partial charge in [0.15, 0.2) is 0 Å². The van der Waals surface area contributed by atoms with E-state index >= 15 is 0 Å². The van der Waals surface area contributed by atoms with Gasteiger partial charge in [-0.15, -0.1) is 0 Å². The number of aliphatic hydroxyl groups excluding tert-OH is 1. The van der Waals surface area contributed by atoms with Crippen LogP contribution in [-0.4, -0.2) is 24.9 Å². The van der Waals surface area contributed by atoms with Crippen molar-refractivity contribution in [3.63, 3.8) is 0 Å². The molecule has 0 aromatic carbocycles. The summed E-state index contributed by atoms with van der Waals surface area (Å²) < 4.78 is 5.44. The van der Waals surface area contributed by atoms with Crippen molar-refractivity contribution in [2.45, 2.75) is 33.3 Å². The molecule has 5 unspecified atom stereocenters. The van der Waals surface area contributed by atoms with Gasteiger partial charge < -0.3 is 9.84 Å². The van der Waals surface area contributed by atoms with Crippen LogP contribution in [-0.2, 0) is 4.74 Å². The highest BCUT2D eigenvalue weighted by Gasteiger charge is 2.37. The third kappa shape index (κ3) is 2.05. The highest BCUT2D eigenvalue weighted by atomic mass is 16.5. The van der Waals surface area contributed by atoms with Gasteiger partial charge in [0.25, 0.3) is 0 Å². The molecule has 1 saturated carbocycles. The van der Waals surface area contributed by atoms with E-state index in [0.717, 1.165) is 6.42 Å². The Bertz CT molecular complexity index is 138. The van der Waals surface area contributed by atoms with Crippen LogP contribution in [0.3, 0.4) is 0 Å². The summed E-state index contributed by atoms with van der Waals surface area (Å²) in [4.78, 5) is 0. The molecule has 1 aliphatic rings. The summed E-state index contributed by atoms with van der Waals surface area (Å²) in [6, 6.07) is 0. The summed E-state index contributed by atoms with van der Waals surface area (Å²) in [6.45, 7) is 7.07.